The molecule has 0 saturated heterocycles. The van der Waals surface area contributed by atoms with Gasteiger partial charge in [-0.25, -0.2) is 0 Å². The van der Waals surface area contributed by atoms with Gasteiger partial charge in [0.25, 0.3) is 0 Å². The Kier molecular flexibility index (Phi) is 4.74. The van der Waals surface area contributed by atoms with Crippen LogP contribution < -0.4 is 5.32 Å². The summed E-state index contributed by atoms with van der Waals surface area (Å²) in [7, 11) is 1.73. The summed E-state index contributed by atoms with van der Waals surface area (Å²) in [5.41, 5.74) is 3.13. The van der Waals surface area contributed by atoms with Crippen LogP contribution in [0.25, 0.3) is 0 Å². The molecule has 128 valence electrons. The number of anilines is 1. The number of aryl methyl sites for hydroxylation is 2. The van der Waals surface area contributed by atoms with Crippen LogP contribution in [0.2, 0.25) is 0 Å². The summed E-state index contributed by atoms with van der Waals surface area (Å²) in [6, 6.07) is 13.7. The van der Waals surface area contributed by atoms with Crippen LogP contribution in [0.4, 0.5) is 11.6 Å². The molecule has 7 nitrogen and oxygen atoms in total. The smallest absolute Gasteiger partial charge is 0.358 e. The Balaban J connectivity index is 1.93. The van der Waals surface area contributed by atoms with Gasteiger partial charge in [-0.3, -0.25) is 9.55 Å². The van der Waals surface area contributed by atoms with Crippen LogP contribution in [-0.4, -0.2) is 19.5 Å². The van der Waals surface area contributed by atoms with E-state index in [1.54, 1.807) is 17.8 Å². The summed E-state index contributed by atoms with van der Waals surface area (Å²) in [5.74, 6) is 0.181. The van der Waals surface area contributed by atoms with Crippen LogP contribution >= 0.6 is 0 Å². The van der Waals surface area contributed by atoms with Crippen molar-refractivity contribution in [2.45, 2.75) is 19.4 Å². The average molecular weight is 337 g/mol. The molecule has 0 aliphatic rings. The highest BCUT2D eigenvalue weighted by molar-refractivity contribution is 5.53. The van der Waals surface area contributed by atoms with Gasteiger partial charge in [-0.2, -0.15) is 0 Å². The number of nitro groups is 1. The number of nitrogens with one attached hydrogen (secondary N) is 1. The fourth-order valence-electron chi connectivity index (χ4n) is 2.65. The Bertz CT molecular complexity index is 859. The van der Waals surface area contributed by atoms with Gasteiger partial charge in [0.05, 0.1) is 11.7 Å². The molecule has 0 bridgehead atoms. The lowest BCUT2D eigenvalue weighted by Gasteiger charge is -2.19. The lowest BCUT2D eigenvalue weighted by molar-refractivity contribution is -0.388. The molecule has 3 rings (SSSR count). The third-order valence-electron chi connectivity index (χ3n) is 4.01. The summed E-state index contributed by atoms with van der Waals surface area (Å²) in [4.78, 5) is 19.0. The normalized spacial score (nSPS) is 11.9. The second-order valence-corrected chi connectivity index (χ2v) is 5.93. The molecule has 1 N–H and O–H groups in total. The highest BCUT2D eigenvalue weighted by Crippen LogP contribution is 2.28. The maximum Gasteiger partial charge on any atom is 0.406 e. The highest BCUT2D eigenvalue weighted by atomic mass is 16.6. The zero-order valence-electron chi connectivity index (χ0n) is 14.1. The molecule has 2 heterocycles. The van der Waals surface area contributed by atoms with E-state index in [4.69, 9.17) is 0 Å². The molecular weight excluding hydrogens is 318 g/mol. The molecule has 0 unspecified atom stereocenters. The van der Waals surface area contributed by atoms with Gasteiger partial charge in [0, 0.05) is 13.2 Å². The predicted octanol–water partition coefficient (Wildman–Crippen LogP) is 3.43. The van der Waals surface area contributed by atoms with Crippen molar-refractivity contribution in [2.75, 3.05) is 5.32 Å². The van der Waals surface area contributed by atoms with Crippen molar-refractivity contribution in [3.05, 3.63) is 81.9 Å². The largest absolute Gasteiger partial charge is 0.406 e. The summed E-state index contributed by atoms with van der Waals surface area (Å²) >= 11 is 0. The van der Waals surface area contributed by atoms with Crippen molar-refractivity contribution < 1.29 is 4.92 Å². The number of imidazole rings is 1. The van der Waals surface area contributed by atoms with Crippen LogP contribution in [-0.2, 0) is 13.5 Å². The molecule has 0 aliphatic heterocycles. The van der Waals surface area contributed by atoms with E-state index in [1.807, 2.05) is 25.1 Å². The Hall–Kier alpha value is -3.22. The second kappa shape index (κ2) is 7.12. The fourth-order valence-corrected chi connectivity index (χ4v) is 2.65. The molecule has 0 aliphatic carbocycles. The third kappa shape index (κ3) is 3.82. The van der Waals surface area contributed by atoms with Gasteiger partial charge in [-0.15, -0.1) is 0 Å². The number of nitrogens with zero attached hydrogens (tertiary/aromatic N) is 4. The van der Waals surface area contributed by atoms with Gasteiger partial charge in [-0.05, 0) is 40.9 Å². The molecule has 3 aromatic rings. The number of rotatable bonds is 6. The molecule has 1 atom stereocenters. The molecule has 0 radical (unpaired) electrons. The first-order valence-corrected chi connectivity index (χ1v) is 7.93. The number of benzene rings is 1. The molecule has 25 heavy (non-hydrogen) atoms. The van der Waals surface area contributed by atoms with E-state index in [0.717, 1.165) is 11.3 Å². The molecular formula is C18H19N5O2. The van der Waals surface area contributed by atoms with Gasteiger partial charge in [0.1, 0.15) is 0 Å². The zero-order valence-corrected chi connectivity index (χ0v) is 14.1. The molecule has 0 spiro atoms. The highest BCUT2D eigenvalue weighted by Gasteiger charge is 2.24. The van der Waals surface area contributed by atoms with Crippen molar-refractivity contribution in [1.82, 2.24) is 14.5 Å². The maximum atomic E-state index is 11.2. The van der Waals surface area contributed by atoms with E-state index in [0.29, 0.717) is 12.2 Å². The van der Waals surface area contributed by atoms with Crippen molar-refractivity contribution >= 4 is 11.6 Å². The van der Waals surface area contributed by atoms with Gasteiger partial charge in [0.15, 0.2) is 0 Å². The topological polar surface area (TPSA) is 85.9 Å². The quantitative estimate of drug-likeness (QED) is 0.550. The predicted molar refractivity (Wildman–Crippen MR) is 95.3 cm³/mol. The average Bonchev–Trinajstić information content (AvgIpc) is 2.98. The van der Waals surface area contributed by atoms with E-state index in [-0.39, 0.29) is 11.9 Å². The van der Waals surface area contributed by atoms with Crippen LogP contribution in [0.3, 0.4) is 0 Å². The summed E-state index contributed by atoms with van der Waals surface area (Å²) in [6.07, 6.45) is 3.80. The molecule has 2 aromatic heterocycles. The Labute approximate surface area is 145 Å². The monoisotopic (exact) mass is 337 g/mol. The number of hydrogen-bond donors (Lipinski definition) is 1. The van der Waals surface area contributed by atoms with Gasteiger partial charge in [-0.1, -0.05) is 35.9 Å². The van der Waals surface area contributed by atoms with Gasteiger partial charge in [0.2, 0.25) is 12.1 Å². The first-order valence-electron chi connectivity index (χ1n) is 7.93. The molecule has 1 aromatic carbocycles. The second-order valence-electron chi connectivity index (χ2n) is 5.93. The van der Waals surface area contributed by atoms with Crippen molar-refractivity contribution in [3.63, 3.8) is 0 Å². The van der Waals surface area contributed by atoms with E-state index in [2.05, 4.69) is 39.6 Å². The third-order valence-corrected chi connectivity index (χ3v) is 4.01. The lowest BCUT2D eigenvalue weighted by atomic mass is 10.0. The molecule has 7 heteroatoms. The van der Waals surface area contributed by atoms with Gasteiger partial charge < -0.3 is 15.4 Å². The Morgan fingerprint density at radius 1 is 1.20 bits per heavy atom. The first kappa shape index (κ1) is 16.6. The van der Waals surface area contributed by atoms with Crippen LogP contribution in [0, 0.1) is 17.0 Å². The number of pyridine rings is 1. The SMILES string of the molecule is Cc1ccc(C[C@@H](Nc2c([N+](=O)[O-])ncn2C)c2ccccn2)cc1. The molecule has 0 fully saturated rings. The minimum atomic E-state index is -0.482. The van der Waals surface area contributed by atoms with Gasteiger partial charge >= 0.3 is 5.82 Å². The van der Waals surface area contributed by atoms with Crippen molar-refractivity contribution in [3.8, 4) is 0 Å². The van der Waals surface area contributed by atoms with Crippen molar-refractivity contribution in [2.24, 2.45) is 7.05 Å². The van der Waals surface area contributed by atoms with Crippen LogP contribution in [0.1, 0.15) is 22.9 Å². The summed E-state index contributed by atoms with van der Waals surface area (Å²) in [5, 5.41) is 14.5. The Morgan fingerprint density at radius 2 is 1.96 bits per heavy atom. The molecule has 0 saturated carbocycles. The minimum absolute atomic E-state index is 0.188. The number of hydrogen-bond acceptors (Lipinski definition) is 5. The summed E-state index contributed by atoms with van der Waals surface area (Å²) < 4.78 is 1.61. The van der Waals surface area contributed by atoms with E-state index in [9.17, 15) is 10.1 Å². The molecule has 0 amide bonds. The summed E-state index contributed by atoms with van der Waals surface area (Å²) in [6.45, 7) is 2.04. The van der Waals surface area contributed by atoms with E-state index >= 15 is 0 Å². The van der Waals surface area contributed by atoms with E-state index < -0.39 is 4.92 Å². The Morgan fingerprint density at radius 3 is 2.60 bits per heavy atom. The zero-order chi connectivity index (χ0) is 17.8. The lowest BCUT2D eigenvalue weighted by Crippen LogP contribution is -2.17. The maximum absolute atomic E-state index is 11.2. The minimum Gasteiger partial charge on any atom is -0.358 e. The van der Waals surface area contributed by atoms with Crippen LogP contribution in [0.15, 0.2) is 55.0 Å². The first-order chi connectivity index (χ1) is 12.0. The fraction of sp³-hybridized carbons (Fsp3) is 0.222. The van der Waals surface area contributed by atoms with Crippen molar-refractivity contribution in [1.29, 1.82) is 0 Å². The van der Waals surface area contributed by atoms with E-state index in [1.165, 1.54) is 11.9 Å². The standard InChI is InChI=1S/C18H19N5O2/c1-13-6-8-14(9-7-13)11-16(15-5-3-4-10-19-15)21-18-17(23(24)25)20-12-22(18)2/h3-10,12,16,21H,11H2,1-2H3/t16-/m1/s1. The number of aromatic nitrogens is 3. The van der Waals surface area contributed by atoms with Crippen LogP contribution in [0.5, 0.6) is 0 Å².